The Morgan fingerprint density at radius 3 is 2.38 bits per heavy atom. The van der Waals surface area contributed by atoms with E-state index in [-0.39, 0.29) is 5.56 Å². The highest BCUT2D eigenvalue weighted by atomic mass is 32.2. The second-order valence-corrected chi connectivity index (χ2v) is 9.27. The Hall–Kier alpha value is -3.78. The lowest BCUT2D eigenvalue weighted by atomic mass is 10.1. The van der Waals surface area contributed by atoms with Gasteiger partial charge in [-0.05, 0) is 60.0 Å². The first kappa shape index (κ1) is 22.0. The van der Waals surface area contributed by atoms with E-state index in [0.717, 1.165) is 22.4 Å². The number of hydrogen-bond acceptors (Lipinski definition) is 6. The van der Waals surface area contributed by atoms with Crippen LogP contribution in [0.2, 0.25) is 0 Å². The second kappa shape index (κ2) is 9.23. The highest BCUT2D eigenvalue weighted by Gasteiger charge is 2.16. The van der Waals surface area contributed by atoms with Gasteiger partial charge in [0.1, 0.15) is 0 Å². The van der Waals surface area contributed by atoms with E-state index in [9.17, 15) is 4.79 Å². The third kappa shape index (κ3) is 4.24. The molecule has 170 valence electrons. The van der Waals surface area contributed by atoms with Crippen molar-refractivity contribution >= 4 is 22.7 Å². The van der Waals surface area contributed by atoms with Crippen molar-refractivity contribution in [1.29, 1.82) is 0 Å². The molecule has 0 saturated heterocycles. The molecule has 0 atom stereocenters. The number of tetrazole rings is 1. The lowest BCUT2D eigenvalue weighted by molar-refractivity contribution is 0.657. The van der Waals surface area contributed by atoms with Crippen LogP contribution in [-0.4, -0.2) is 29.8 Å². The minimum absolute atomic E-state index is 0.0528. The predicted octanol–water partition coefficient (Wildman–Crippen LogP) is 4.64. The van der Waals surface area contributed by atoms with Gasteiger partial charge >= 0.3 is 0 Å². The van der Waals surface area contributed by atoms with Crippen LogP contribution < -0.4 is 5.56 Å². The van der Waals surface area contributed by atoms with E-state index in [1.165, 1.54) is 17.3 Å². The van der Waals surface area contributed by atoms with E-state index >= 15 is 0 Å². The lowest BCUT2D eigenvalue weighted by Crippen LogP contribution is -2.24. The number of para-hydroxylation sites is 2. The van der Waals surface area contributed by atoms with Crippen LogP contribution >= 0.6 is 11.8 Å². The molecule has 8 heteroatoms. The summed E-state index contributed by atoms with van der Waals surface area (Å²) in [6.45, 7) is 6.59. The standard InChI is InChI=1S/C26H24N6OS/c1-17-11-13-20(14-12-17)15-31-25(33)21-9-4-5-10-22(21)27-26(31)34-16-23-28-29-30-32(23)24-18(2)7-6-8-19(24)3/h4-14H,15-16H2,1-3H3. The molecule has 0 N–H and O–H groups in total. The Morgan fingerprint density at radius 2 is 1.62 bits per heavy atom. The SMILES string of the molecule is Cc1ccc(Cn2c(SCc3nnnn3-c3c(C)cccc3C)nc3ccccc3c2=O)cc1. The van der Waals surface area contributed by atoms with Crippen molar-refractivity contribution in [2.45, 2.75) is 38.2 Å². The first-order valence-electron chi connectivity index (χ1n) is 11.0. The van der Waals surface area contributed by atoms with Gasteiger partial charge in [0.15, 0.2) is 11.0 Å². The van der Waals surface area contributed by atoms with Crippen LogP contribution in [0.3, 0.4) is 0 Å². The summed E-state index contributed by atoms with van der Waals surface area (Å²) >= 11 is 1.47. The van der Waals surface area contributed by atoms with Gasteiger partial charge in [-0.25, -0.2) is 4.98 Å². The van der Waals surface area contributed by atoms with Crippen LogP contribution in [0.4, 0.5) is 0 Å². The summed E-state index contributed by atoms with van der Waals surface area (Å²) in [5.41, 5.74) is 6.03. The van der Waals surface area contributed by atoms with Crippen molar-refractivity contribution in [2.75, 3.05) is 0 Å². The molecule has 0 bridgehead atoms. The summed E-state index contributed by atoms with van der Waals surface area (Å²) in [5.74, 6) is 1.17. The maximum atomic E-state index is 13.4. The number of hydrogen-bond donors (Lipinski definition) is 0. The third-order valence-corrected chi connectivity index (χ3v) is 6.78. The first-order chi connectivity index (χ1) is 16.5. The molecule has 5 rings (SSSR count). The number of aryl methyl sites for hydroxylation is 3. The molecule has 2 heterocycles. The van der Waals surface area contributed by atoms with Crippen molar-refractivity contribution in [3.63, 3.8) is 0 Å². The quantitative estimate of drug-likeness (QED) is 0.267. The lowest BCUT2D eigenvalue weighted by Gasteiger charge is -2.14. The van der Waals surface area contributed by atoms with E-state index in [1.54, 1.807) is 9.25 Å². The fourth-order valence-electron chi connectivity index (χ4n) is 4.01. The van der Waals surface area contributed by atoms with Crippen LogP contribution in [0.1, 0.15) is 28.1 Å². The van der Waals surface area contributed by atoms with Gasteiger partial charge < -0.3 is 0 Å². The van der Waals surface area contributed by atoms with Crippen molar-refractivity contribution < 1.29 is 0 Å². The number of benzene rings is 3. The molecule has 3 aromatic carbocycles. The molecular weight excluding hydrogens is 444 g/mol. The van der Waals surface area contributed by atoms with Crippen LogP contribution in [-0.2, 0) is 12.3 Å². The van der Waals surface area contributed by atoms with Crippen molar-refractivity contribution in [3.8, 4) is 5.69 Å². The summed E-state index contributed by atoms with van der Waals surface area (Å²) in [4.78, 5) is 18.3. The molecule has 0 amide bonds. The number of thioether (sulfide) groups is 1. The van der Waals surface area contributed by atoms with E-state index in [2.05, 4.69) is 34.6 Å². The average molecular weight is 469 g/mol. The minimum atomic E-state index is -0.0528. The molecule has 0 unspecified atom stereocenters. The summed E-state index contributed by atoms with van der Waals surface area (Å²) in [6, 6.07) is 21.8. The second-order valence-electron chi connectivity index (χ2n) is 8.32. The number of rotatable bonds is 6. The summed E-state index contributed by atoms with van der Waals surface area (Å²) in [7, 11) is 0. The van der Waals surface area contributed by atoms with Gasteiger partial charge in [-0.1, -0.05) is 71.9 Å². The first-order valence-corrected chi connectivity index (χ1v) is 12.0. The van der Waals surface area contributed by atoms with Crippen LogP contribution in [0.25, 0.3) is 16.6 Å². The van der Waals surface area contributed by atoms with Gasteiger partial charge in [-0.2, -0.15) is 4.68 Å². The molecule has 0 aliphatic heterocycles. The molecule has 34 heavy (non-hydrogen) atoms. The van der Waals surface area contributed by atoms with Gasteiger partial charge in [0.25, 0.3) is 5.56 Å². The smallest absolute Gasteiger partial charge is 0.262 e. The van der Waals surface area contributed by atoms with Gasteiger partial charge in [-0.15, -0.1) is 5.10 Å². The maximum Gasteiger partial charge on any atom is 0.262 e. The molecule has 2 aromatic heterocycles. The minimum Gasteiger partial charge on any atom is -0.283 e. The average Bonchev–Trinajstić information content (AvgIpc) is 3.29. The molecule has 0 saturated carbocycles. The highest BCUT2D eigenvalue weighted by Crippen LogP contribution is 2.25. The molecule has 0 fully saturated rings. The Bertz CT molecular complexity index is 1520. The Morgan fingerprint density at radius 1 is 0.882 bits per heavy atom. The molecular formula is C26H24N6OS. The Balaban J connectivity index is 1.53. The van der Waals surface area contributed by atoms with Crippen LogP contribution in [0.15, 0.2) is 76.7 Å². The summed E-state index contributed by atoms with van der Waals surface area (Å²) < 4.78 is 3.52. The van der Waals surface area contributed by atoms with Crippen LogP contribution in [0.5, 0.6) is 0 Å². The number of fused-ring (bicyclic) bond motifs is 1. The van der Waals surface area contributed by atoms with Crippen LogP contribution in [0, 0.1) is 20.8 Å². The van der Waals surface area contributed by atoms with Crippen molar-refractivity contribution in [3.05, 3.63) is 105 Å². The zero-order chi connectivity index (χ0) is 23.7. The molecule has 7 nitrogen and oxygen atoms in total. The highest BCUT2D eigenvalue weighted by molar-refractivity contribution is 7.98. The molecule has 0 radical (unpaired) electrons. The fraction of sp³-hybridized carbons (Fsp3) is 0.192. The normalized spacial score (nSPS) is 11.3. The van der Waals surface area contributed by atoms with E-state index < -0.39 is 0 Å². The maximum absolute atomic E-state index is 13.4. The molecule has 0 aliphatic carbocycles. The molecule has 0 aliphatic rings. The predicted molar refractivity (Wildman–Crippen MR) is 134 cm³/mol. The van der Waals surface area contributed by atoms with Crippen molar-refractivity contribution in [2.24, 2.45) is 0 Å². The number of nitrogens with zero attached hydrogens (tertiary/aromatic N) is 6. The fourth-order valence-corrected chi connectivity index (χ4v) is 4.92. The third-order valence-electron chi connectivity index (χ3n) is 5.80. The summed E-state index contributed by atoms with van der Waals surface area (Å²) in [6.07, 6.45) is 0. The monoisotopic (exact) mass is 468 g/mol. The van der Waals surface area contributed by atoms with Gasteiger partial charge in [-0.3, -0.25) is 9.36 Å². The largest absolute Gasteiger partial charge is 0.283 e. The van der Waals surface area contributed by atoms with E-state index in [1.807, 2.05) is 68.4 Å². The zero-order valence-corrected chi connectivity index (χ0v) is 20.1. The summed E-state index contributed by atoms with van der Waals surface area (Å²) in [5, 5.41) is 13.7. The Labute approximate surface area is 201 Å². The molecule has 0 spiro atoms. The number of aromatic nitrogens is 6. The Kier molecular flexibility index (Phi) is 5.98. The van der Waals surface area contributed by atoms with Gasteiger partial charge in [0, 0.05) is 0 Å². The van der Waals surface area contributed by atoms with Gasteiger partial charge in [0.05, 0.1) is 28.9 Å². The van der Waals surface area contributed by atoms with Gasteiger partial charge in [0.2, 0.25) is 0 Å². The van der Waals surface area contributed by atoms with Crippen molar-refractivity contribution in [1.82, 2.24) is 29.8 Å². The zero-order valence-electron chi connectivity index (χ0n) is 19.3. The molecule has 5 aromatic rings. The van der Waals surface area contributed by atoms with E-state index in [0.29, 0.717) is 34.2 Å². The topological polar surface area (TPSA) is 78.5 Å². The van der Waals surface area contributed by atoms with E-state index in [4.69, 9.17) is 4.98 Å².